The van der Waals surface area contributed by atoms with E-state index < -0.39 is 5.97 Å². The number of ether oxygens (including phenoxy) is 3. The molecule has 3 rings (SSSR count). The fraction of sp³-hybridized carbons (Fsp3) is 0.174. The van der Waals surface area contributed by atoms with Crippen LogP contribution in [0.2, 0.25) is 0 Å². The summed E-state index contributed by atoms with van der Waals surface area (Å²) < 4.78 is 21.3. The molecule has 0 fully saturated rings. The molecule has 0 aliphatic heterocycles. The van der Waals surface area contributed by atoms with Crippen molar-refractivity contribution < 1.29 is 28.2 Å². The summed E-state index contributed by atoms with van der Waals surface area (Å²) in [4.78, 5) is 24.6. The molecule has 1 N–H and O–H groups in total. The SMILES string of the molecule is CCOc1cc(/C=N/NC(=O)c2ccoc2C)ccc1OC(=O)c1cccc(OC)c1. The Bertz CT molecular complexity index is 1100. The zero-order chi connectivity index (χ0) is 22.2. The lowest BCUT2D eigenvalue weighted by atomic mass is 10.2. The molecule has 0 aliphatic carbocycles. The first-order chi connectivity index (χ1) is 15.0. The average molecular weight is 422 g/mol. The van der Waals surface area contributed by atoms with Gasteiger partial charge in [0.05, 0.1) is 37.3 Å². The number of methoxy groups -OCH3 is 1. The van der Waals surface area contributed by atoms with Gasteiger partial charge < -0.3 is 18.6 Å². The maximum atomic E-state index is 12.5. The number of benzene rings is 2. The van der Waals surface area contributed by atoms with Crippen LogP contribution in [-0.2, 0) is 0 Å². The predicted octanol–water partition coefficient (Wildman–Crippen LogP) is 3.98. The summed E-state index contributed by atoms with van der Waals surface area (Å²) in [7, 11) is 1.52. The van der Waals surface area contributed by atoms with Crippen LogP contribution in [0, 0.1) is 6.92 Å². The fourth-order valence-corrected chi connectivity index (χ4v) is 2.71. The monoisotopic (exact) mass is 422 g/mol. The van der Waals surface area contributed by atoms with E-state index >= 15 is 0 Å². The third-order valence-electron chi connectivity index (χ3n) is 4.26. The Balaban J connectivity index is 1.72. The van der Waals surface area contributed by atoms with Gasteiger partial charge in [-0.25, -0.2) is 10.2 Å². The van der Waals surface area contributed by atoms with Crippen molar-refractivity contribution in [3.05, 3.63) is 77.2 Å². The second-order valence-corrected chi connectivity index (χ2v) is 6.35. The molecule has 0 aliphatic rings. The Kier molecular flexibility index (Phi) is 7.05. The van der Waals surface area contributed by atoms with Gasteiger partial charge in [0.25, 0.3) is 5.91 Å². The van der Waals surface area contributed by atoms with E-state index in [0.29, 0.717) is 40.6 Å². The standard InChI is InChI=1S/C23H22N2O6/c1-4-29-21-12-16(14-24-25-22(26)19-10-11-30-15(19)2)8-9-20(21)31-23(27)17-6-5-7-18(13-17)28-3/h5-14H,4H2,1-3H3,(H,25,26)/b24-14+. The first-order valence-corrected chi connectivity index (χ1v) is 9.52. The van der Waals surface area contributed by atoms with E-state index in [1.54, 1.807) is 55.5 Å². The van der Waals surface area contributed by atoms with Gasteiger partial charge in [-0.1, -0.05) is 6.07 Å². The van der Waals surface area contributed by atoms with E-state index in [9.17, 15) is 9.59 Å². The molecule has 0 spiro atoms. The molecule has 160 valence electrons. The van der Waals surface area contributed by atoms with Gasteiger partial charge in [-0.05, 0) is 61.9 Å². The number of esters is 1. The summed E-state index contributed by atoms with van der Waals surface area (Å²) in [5.41, 5.74) is 3.85. The lowest BCUT2D eigenvalue weighted by Crippen LogP contribution is -2.17. The molecule has 1 heterocycles. The van der Waals surface area contributed by atoms with E-state index in [-0.39, 0.29) is 11.7 Å². The highest BCUT2D eigenvalue weighted by Gasteiger charge is 2.14. The van der Waals surface area contributed by atoms with E-state index in [1.165, 1.54) is 19.6 Å². The Morgan fingerprint density at radius 2 is 1.97 bits per heavy atom. The first kappa shape index (κ1) is 21.6. The van der Waals surface area contributed by atoms with Crippen molar-refractivity contribution in [1.29, 1.82) is 0 Å². The van der Waals surface area contributed by atoms with Crippen LogP contribution < -0.4 is 19.6 Å². The number of aryl methyl sites for hydroxylation is 1. The number of nitrogens with zero attached hydrogens (tertiary/aromatic N) is 1. The summed E-state index contributed by atoms with van der Waals surface area (Å²) in [6.45, 7) is 3.89. The average Bonchev–Trinajstić information content (AvgIpc) is 3.21. The minimum Gasteiger partial charge on any atom is -0.497 e. The number of amides is 1. The largest absolute Gasteiger partial charge is 0.497 e. The highest BCUT2D eigenvalue weighted by molar-refractivity contribution is 5.95. The lowest BCUT2D eigenvalue weighted by Gasteiger charge is -2.11. The zero-order valence-corrected chi connectivity index (χ0v) is 17.4. The second kappa shape index (κ2) is 10.1. The molecular formula is C23H22N2O6. The smallest absolute Gasteiger partial charge is 0.343 e. The third kappa shape index (κ3) is 5.51. The van der Waals surface area contributed by atoms with Crippen LogP contribution in [-0.4, -0.2) is 31.8 Å². The highest BCUT2D eigenvalue weighted by atomic mass is 16.6. The van der Waals surface area contributed by atoms with Gasteiger partial charge >= 0.3 is 5.97 Å². The van der Waals surface area contributed by atoms with Crippen LogP contribution in [0.3, 0.4) is 0 Å². The topological polar surface area (TPSA) is 99.4 Å². The molecule has 0 saturated carbocycles. The number of carbonyl (C=O) groups is 2. The first-order valence-electron chi connectivity index (χ1n) is 9.52. The molecule has 31 heavy (non-hydrogen) atoms. The molecule has 1 amide bonds. The van der Waals surface area contributed by atoms with Crippen molar-refractivity contribution in [2.75, 3.05) is 13.7 Å². The van der Waals surface area contributed by atoms with E-state index in [4.69, 9.17) is 18.6 Å². The number of nitrogens with one attached hydrogen (secondary N) is 1. The summed E-state index contributed by atoms with van der Waals surface area (Å²) in [5, 5.41) is 3.95. The number of carbonyl (C=O) groups excluding carboxylic acids is 2. The number of rotatable bonds is 8. The molecular weight excluding hydrogens is 400 g/mol. The van der Waals surface area contributed by atoms with Gasteiger partial charge in [0.1, 0.15) is 11.5 Å². The lowest BCUT2D eigenvalue weighted by molar-refractivity contribution is 0.0727. The van der Waals surface area contributed by atoms with Gasteiger partial charge in [-0.15, -0.1) is 0 Å². The molecule has 3 aromatic rings. The number of hydrogen-bond donors (Lipinski definition) is 1. The van der Waals surface area contributed by atoms with Crippen LogP contribution in [0.1, 0.15) is 39.0 Å². The predicted molar refractivity (Wildman–Crippen MR) is 114 cm³/mol. The number of hydrogen-bond acceptors (Lipinski definition) is 7. The minimum atomic E-state index is -0.538. The Morgan fingerprint density at radius 1 is 1.13 bits per heavy atom. The van der Waals surface area contributed by atoms with Gasteiger partial charge in [0.2, 0.25) is 0 Å². The van der Waals surface area contributed by atoms with Crippen LogP contribution in [0.5, 0.6) is 17.2 Å². The van der Waals surface area contributed by atoms with E-state index in [0.717, 1.165) is 0 Å². The summed E-state index contributed by atoms with van der Waals surface area (Å²) in [6.07, 6.45) is 2.90. The van der Waals surface area contributed by atoms with Crippen LogP contribution >= 0.6 is 0 Å². The van der Waals surface area contributed by atoms with Crippen molar-refractivity contribution >= 4 is 18.1 Å². The summed E-state index contributed by atoms with van der Waals surface area (Å²) >= 11 is 0. The number of furan rings is 1. The molecule has 0 radical (unpaired) electrons. The maximum Gasteiger partial charge on any atom is 0.343 e. The second-order valence-electron chi connectivity index (χ2n) is 6.35. The van der Waals surface area contributed by atoms with Crippen molar-refractivity contribution in [2.24, 2.45) is 5.10 Å². The van der Waals surface area contributed by atoms with Crippen LogP contribution in [0.25, 0.3) is 0 Å². The normalized spacial score (nSPS) is 10.7. The minimum absolute atomic E-state index is 0.268. The van der Waals surface area contributed by atoms with Gasteiger partial charge in [-0.2, -0.15) is 5.10 Å². The van der Waals surface area contributed by atoms with Crippen molar-refractivity contribution in [3.8, 4) is 17.2 Å². The van der Waals surface area contributed by atoms with Gasteiger partial charge in [-0.3, -0.25) is 4.79 Å². The quantitative estimate of drug-likeness (QED) is 0.255. The molecule has 0 saturated heterocycles. The molecule has 8 nitrogen and oxygen atoms in total. The third-order valence-corrected chi connectivity index (χ3v) is 4.26. The van der Waals surface area contributed by atoms with Gasteiger partial charge in [0.15, 0.2) is 11.5 Å². The van der Waals surface area contributed by atoms with E-state index in [2.05, 4.69) is 10.5 Å². The van der Waals surface area contributed by atoms with Gasteiger partial charge in [0, 0.05) is 0 Å². The molecule has 0 atom stereocenters. The van der Waals surface area contributed by atoms with Crippen molar-refractivity contribution in [2.45, 2.75) is 13.8 Å². The fourth-order valence-electron chi connectivity index (χ4n) is 2.71. The number of hydrazone groups is 1. The van der Waals surface area contributed by atoms with Crippen LogP contribution in [0.15, 0.2) is 64.3 Å². The molecule has 8 heteroatoms. The zero-order valence-electron chi connectivity index (χ0n) is 17.4. The molecule has 2 aromatic carbocycles. The Hall–Kier alpha value is -4.07. The Morgan fingerprint density at radius 3 is 2.68 bits per heavy atom. The van der Waals surface area contributed by atoms with E-state index in [1.807, 2.05) is 6.92 Å². The molecule has 0 unspecified atom stereocenters. The summed E-state index contributed by atoms with van der Waals surface area (Å²) in [5.74, 6) is 0.789. The summed E-state index contributed by atoms with van der Waals surface area (Å²) in [6, 6.07) is 13.2. The van der Waals surface area contributed by atoms with Crippen molar-refractivity contribution in [1.82, 2.24) is 5.43 Å². The highest BCUT2D eigenvalue weighted by Crippen LogP contribution is 2.29. The molecule has 1 aromatic heterocycles. The Labute approximate surface area is 179 Å². The molecule has 0 bridgehead atoms. The van der Waals surface area contributed by atoms with Crippen LogP contribution in [0.4, 0.5) is 0 Å². The maximum absolute atomic E-state index is 12.5. The van der Waals surface area contributed by atoms with Crippen molar-refractivity contribution in [3.63, 3.8) is 0 Å².